The van der Waals surface area contributed by atoms with Crippen LogP contribution in [0.1, 0.15) is 49.1 Å². The maximum Gasteiger partial charge on any atom is 0.325 e. The van der Waals surface area contributed by atoms with Gasteiger partial charge in [0, 0.05) is 43.0 Å². The molecule has 2 atom stereocenters. The fraction of sp³-hybridized carbons (Fsp3) is 0.317. The molecule has 0 unspecified atom stereocenters. The molecule has 0 heterocycles. The lowest BCUT2D eigenvalue weighted by Crippen LogP contribution is -2.56. The monoisotopic (exact) mass is 675 g/mol. The zero-order valence-corrected chi connectivity index (χ0v) is 29.1. The number of nitrogens with one attached hydrogen (secondary N) is 2. The van der Waals surface area contributed by atoms with Gasteiger partial charge in [0.05, 0.1) is 20.3 Å². The second-order valence-electron chi connectivity index (χ2n) is 12.7. The molecule has 4 aromatic rings. The second-order valence-corrected chi connectivity index (χ2v) is 12.7. The number of hydrogen-bond donors (Lipinski definition) is 3. The van der Waals surface area contributed by atoms with Gasteiger partial charge in [-0.15, -0.1) is 0 Å². The summed E-state index contributed by atoms with van der Waals surface area (Å²) in [6, 6.07) is 34.7. The summed E-state index contributed by atoms with van der Waals surface area (Å²) in [5, 5.41) is 5.74. The number of carbonyl (C=O) groups excluding carboxylic acids is 2. The Morgan fingerprint density at radius 3 is 1.94 bits per heavy atom. The Hall–Kier alpha value is -5.28. The summed E-state index contributed by atoms with van der Waals surface area (Å²) >= 11 is 0. The highest BCUT2D eigenvalue weighted by molar-refractivity contribution is 5.93. The highest BCUT2D eigenvalue weighted by Gasteiger charge is 2.35. The molecule has 0 saturated heterocycles. The Kier molecular flexibility index (Phi) is 12.9. The van der Waals surface area contributed by atoms with Crippen molar-refractivity contribution in [1.82, 2.24) is 10.2 Å². The minimum atomic E-state index is -0.365. The third-order valence-corrected chi connectivity index (χ3v) is 9.29. The van der Waals surface area contributed by atoms with Gasteiger partial charge in [-0.05, 0) is 84.5 Å². The maximum atomic E-state index is 14.9. The molecule has 4 amide bonds. The molecule has 5 rings (SSSR count). The molecule has 262 valence electrons. The molecule has 1 saturated carbocycles. The Morgan fingerprint density at radius 1 is 0.820 bits per heavy atom. The van der Waals surface area contributed by atoms with E-state index in [9.17, 15) is 9.59 Å². The van der Waals surface area contributed by atoms with Gasteiger partial charge < -0.3 is 30.7 Å². The van der Waals surface area contributed by atoms with Crippen LogP contribution in [0.3, 0.4) is 0 Å². The average Bonchev–Trinajstić information content (AvgIpc) is 3.16. The van der Waals surface area contributed by atoms with Crippen LogP contribution in [-0.4, -0.2) is 62.9 Å². The van der Waals surface area contributed by atoms with Crippen LogP contribution < -0.4 is 30.7 Å². The van der Waals surface area contributed by atoms with Gasteiger partial charge in [0.25, 0.3) is 0 Å². The van der Waals surface area contributed by atoms with Gasteiger partial charge in [-0.3, -0.25) is 4.90 Å². The summed E-state index contributed by atoms with van der Waals surface area (Å²) in [5.41, 5.74) is 11.2. The van der Waals surface area contributed by atoms with Gasteiger partial charge in [0.2, 0.25) is 0 Å². The van der Waals surface area contributed by atoms with Crippen molar-refractivity contribution in [3.8, 4) is 11.5 Å². The first kappa shape index (κ1) is 36.0. The number of carbonyl (C=O) groups is 2. The minimum Gasteiger partial charge on any atom is -0.497 e. The zero-order valence-electron chi connectivity index (χ0n) is 29.1. The molecule has 4 aromatic carbocycles. The van der Waals surface area contributed by atoms with E-state index >= 15 is 0 Å². The van der Waals surface area contributed by atoms with Crippen LogP contribution in [0.2, 0.25) is 0 Å². The Bertz CT molecular complexity index is 1630. The molecule has 50 heavy (non-hydrogen) atoms. The first-order chi connectivity index (χ1) is 24.4. The number of anilines is 2. The minimum absolute atomic E-state index is 0.0701. The van der Waals surface area contributed by atoms with Crippen molar-refractivity contribution < 1.29 is 19.1 Å². The van der Waals surface area contributed by atoms with E-state index in [2.05, 4.69) is 65.7 Å². The molecule has 1 aliphatic rings. The van der Waals surface area contributed by atoms with E-state index in [1.54, 1.807) is 38.5 Å². The summed E-state index contributed by atoms with van der Waals surface area (Å²) in [6.07, 6.45) is 4.41. The topological polar surface area (TPSA) is 109 Å². The van der Waals surface area contributed by atoms with Gasteiger partial charge in [0.15, 0.2) is 0 Å². The molecule has 0 aliphatic heterocycles. The summed E-state index contributed by atoms with van der Waals surface area (Å²) in [6.45, 7) is 5.20. The van der Waals surface area contributed by atoms with Crippen molar-refractivity contribution in [2.45, 2.75) is 50.1 Å². The molecule has 0 aromatic heterocycles. The molecular weight excluding hydrogens is 626 g/mol. The van der Waals surface area contributed by atoms with E-state index in [1.165, 1.54) is 11.1 Å². The number of amides is 4. The Morgan fingerprint density at radius 2 is 1.38 bits per heavy atom. The van der Waals surface area contributed by atoms with Crippen molar-refractivity contribution >= 4 is 23.4 Å². The number of benzene rings is 4. The normalized spacial score (nSPS) is 15.5. The number of hydrogen-bond acceptors (Lipinski definition) is 5. The second kappa shape index (κ2) is 17.9. The predicted molar refractivity (Wildman–Crippen MR) is 201 cm³/mol. The molecule has 1 aliphatic carbocycles. The van der Waals surface area contributed by atoms with Crippen LogP contribution in [0.4, 0.5) is 21.0 Å². The third kappa shape index (κ3) is 9.66. The smallest absolute Gasteiger partial charge is 0.325 e. The van der Waals surface area contributed by atoms with Crippen LogP contribution in [0.25, 0.3) is 0 Å². The van der Waals surface area contributed by atoms with Crippen LogP contribution in [0, 0.1) is 0 Å². The lowest BCUT2D eigenvalue weighted by Gasteiger charge is -2.41. The molecule has 4 N–H and O–H groups in total. The Labute approximate surface area is 296 Å². The summed E-state index contributed by atoms with van der Waals surface area (Å²) in [7, 11) is 3.22. The number of urea groups is 2. The number of nitrogens with two attached hydrogens (primary N) is 1. The first-order valence-corrected chi connectivity index (χ1v) is 17.3. The summed E-state index contributed by atoms with van der Waals surface area (Å²) in [4.78, 5) is 31.4. The predicted octanol–water partition coefficient (Wildman–Crippen LogP) is 7.80. The van der Waals surface area contributed by atoms with E-state index in [4.69, 9.17) is 15.2 Å². The standard InChI is InChI=1S/C41H49N5O4/c1-30(28-43-40(47)44-33-18-22-35(49-2)23-19-33)29-45(27-26-37(31-12-6-4-7-13-31)32-14-8-5-9-15-32)41(48)46(39-17-11-10-16-38(39)42)34-20-24-36(50-3)25-21-34/h4-9,12-15,18-25,37-39H,1,10-11,16-17,26-29,42H2,2-3H3,(H2,43,44,47)/t38-,39+/m0/s1. The quantitative estimate of drug-likeness (QED) is 0.118. The summed E-state index contributed by atoms with van der Waals surface area (Å²) < 4.78 is 10.6. The number of ether oxygens (including phenoxy) is 2. The van der Waals surface area contributed by atoms with Gasteiger partial charge in [-0.2, -0.15) is 0 Å². The maximum absolute atomic E-state index is 14.9. The van der Waals surface area contributed by atoms with Crippen LogP contribution in [0.5, 0.6) is 11.5 Å². The van der Waals surface area contributed by atoms with Crippen molar-refractivity contribution in [1.29, 1.82) is 0 Å². The molecular formula is C41H49N5O4. The Balaban J connectivity index is 1.39. The molecule has 0 spiro atoms. The number of rotatable bonds is 14. The molecule has 0 radical (unpaired) electrons. The first-order valence-electron chi connectivity index (χ1n) is 17.3. The number of nitrogens with zero attached hydrogens (tertiary/aromatic N) is 2. The lowest BCUT2D eigenvalue weighted by molar-refractivity contribution is 0.200. The zero-order chi connectivity index (χ0) is 35.3. The average molecular weight is 676 g/mol. The van der Waals surface area contributed by atoms with Crippen molar-refractivity contribution in [2.24, 2.45) is 5.73 Å². The molecule has 9 nitrogen and oxygen atoms in total. The van der Waals surface area contributed by atoms with Crippen LogP contribution in [0.15, 0.2) is 121 Å². The fourth-order valence-electron chi connectivity index (χ4n) is 6.60. The fourth-order valence-corrected chi connectivity index (χ4v) is 6.60. The van der Waals surface area contributed by atoms with E-state index in [0.717, 1.165) is 31.4 Å². The van der Waals surface area contributed by atoms with E-state index < -0.39 is 0 Å². The van der Waals surface area contributed by atoms with E-state index in [-0.39, 0.29) is 43.2 Å². The van der Waals surface area contributed by atoms with Gasteiger partial charge >= 0.3 is 12.1 Å². The molecule has 1 fully saturated rings. The highest BCUT2D eigenvalue weighted by atomic mass is 16.5. The van der Waals surface area contributed by atoms with Crippen LogP contribution >= 0.6 is 0 Å². The van der Waals surface area contributed by atoms with Crippen LogP contribution in [-0.2, 0) is 0 Å². The SMILES string of the molecule is C=C(CNC(=O)Nc1ccc(OC)cc1)CN(CCC(c1ccccc1)c1ccccc1)C(=O)N(c1ccc(OC)cc1)[C@@H]1CCCC[C@@H]1N. The van der Waals surface area contributed by atoms with E-state index in [1.807, 2.05) is 46.2 Å². The van der Waals surface area contributed by atoms with Gasteiger partial charge in [-0.1, -0.05) is 80.1 Å². The van der Waals surface area contributed by atoms with Crippen molar-refractivity contribution in [3.05, 3.63) is 132 Å². The summed E-state index contributed by atoms with van der Waals surface area (Å²) in [5.74, 6) is 1.49. The number of methoxy groups -OCH3 is 2. The largest absolute Gasteiger partial charge is 0.497 e. The molecule has 0 bridgehead atoms. The molecule has 9 heteroatoms. The van der Waals surface area contributed by atoms with Crippen molar-refractivity contribution in [3.63, 3.8) is 0 Å². The lowest BCUT2D eigenvalue weighted by atomic mass is 9.88. The van der Waals surface area contributed by atoms with Gasteiger partial charge in [0.1, 0.15) is 11.5 Å². The van der Waals surface area contributed by atoms with Gasteiger partial charge in [-0.25, -0.2) is 9.59 Å². The highest BCUT2D eigenvalue weighted by Crippen LogP contribution is 2.32. The van der Waals surface area contributed by atoms with Crippen molar-refractivity contribution in [2.75, 3.05) is 44.1 Å². The third-order valence-electron chi connectivity index (χ3n) is 9.29. The van der Waals surface area contributed by atoms with E-state index in [0.29, 0.717) is 35.7 Å².